The SMILES string of the molecule is O=C(O)C(F)(F)F.O=c1[nH]c2ccccc2n1C1CCN(CCCCN2CCC(n3c(=O)[nH]c4ccccc43)CC2)CC1. The topological polar surface area (TPSA) is 119 Å². The van der Waals surface area contributed by atoms with Gasteiger partial charge in [-0.3, -0.25) is 9.13 Å². The van der Waals surface area contributed by atoms with Crippen LogP contribution in [-0.4, -0.2) is 85.4 Å². The van der Waals surface area contributed by atoms with Gasteiger partial charge in [0.2, 0.25) is 0 Å². The number of aromatic amines is 2. The van der Waals surface area contributed by atoms with Crippen molar-refractivity contribution in [1.82, 2.24) is 28.9 Å². The second-order valence-electron chi connectivity index (χ2n) is 11.3. The number of carbonyl (C=O) groups is 1. The first-order valence-electron chi connectivity index (χ1n) is 14.7. The van der Waals surface area contributed by atoms with Gasteiger partial charge in [0.15, 0.2) is 0 Å². The van der Waals surface area contributed by atoms with Crippen LogP contribution in [0.2, 0.25) is 0 Å². The average Bonchev–Trinajstić information content (AvgIpc) is 3.51. The zero-order valence-corrected chi connectivity index (χ0v) is 23.9. The van der Waals surface area contributed by atoms with Crippen LogP contribution < -0.4 is 11.4 Å². The first-order chi connectivity index (χ1) is 20.6. The Bertz CT molecular complexity index is 1530. The van der Waals surface area contributed by atoms with E-state index in [0.717, 1.165) is 87.0 Å². The van der Waals surface area contributed by atoms with Crippen molar-refractivity contribution in [1.29, 1.82) is 0 Å². The first kappa shape index (κ1) is 30.6. The van der Waals surface area contributed by atoms with Crippen LogP contribution in [0.4, 0.5) is 13.2 Å². The van der Waals surface area contributed by atoms with Crippen LogP contribution in [0.25, 0.3) is 22.1 Å². The Hall–Kier alpha value is -3.84. The van der Waals surface area contributed by atoms with Gasteiger partial charge in [0.25, 0.3) is 0 Å². The van der Waals surface area contributed by atoms with Crippen molar-refractivity contribution < 1.29 is 23.1 Å². The average molecular weight is 603 g/mol. The maximum absolute atomic E-state index is 12.5. The summed E-state index contributed by atoms with van der Waals surface area (Å²) in [5, 5.41) is 7.12. The summed E-state index contributed by atoms with van der Waals surface area (Å²) in [5.41, 5.74) is 3.96. The molecule has 0 unspecified atom stereocenters. The molecule has 0 saturated carbocycles. The molecular formula is C30H37F3N6O4. The molecule has 2 saturated heterocycles. The smallest absolute Gasteiger partial charge is 0.475 e. The summed E-state index contributed by atoms with van der Waals surface area (Å²) in [7, 11) is 0. The number of hydrogen-bond acceptors (Lipinski definition) is 5. The molecule has 0 atom stereocenters. The van der Waals surface area contributed by atoms with E-state index in [1.165, 1.54) is 12.8 Å². The lowest BCUT2D eigenvalue weighted by Gasteiger charge is -2.34. The molecule has 0 radical (unpaired) electrons. The molecule has 0 spiro atoms. The molecule has 3 N–H and O–H groups in total. The maximum Gasteiger partial charge on any atom is 0.490 e. The van der Waals surface area contributed by atoms with Crippen molar-refractivity contribution >= 4 is 28.0 Å². The van der Waals surface area contributed by atoms with Gasteiger partial charge >= 0.3 is 23.5 Å². The van der Waals surface area contributed by atoms with E-state index in [9.17, 15) is 22.8 Å². The number of H-pyrrole nitrogens is 2. The molecular weight excluding hydrogens is 565 g/mol. The highest BCUT2D eigenvalue weighted by Crippen LogP contribution is 2.26. The molecule has 2 aliphatic rings. The first-order valence-corrected chi connectivity index (χ1v) is 14.7. The number of fused-ring (bicyclic) bond motifs is 2. The van der Waals surface area contributed by atoms with Crippen molar-refractivity contribution in [3.8, 4) is 0 Å². The van der Waals surface area contributed by atoms with Gasteiger partial charge in [-0.1, -0.05) is 24.3 Å². The van der Waals surface area contributed by atoms with Crippen LogP contribution in [0.3, 0.4) is 0 Å². The fourth-order valence-corrected chi connectivity index (χ4v) is 6.35. The zero-order valence-electron chi connectivity index (χ0n) is 23.9. The molecule has 0 aliphatic carbocycles. The number of carboxylic acid groups (broad SMARTS) is 1. The highest BCUT2D eigenvalue weighted by molar-refractivity contribution is 5.75. The molecule has 13 heteroatoms. The molecule has 2 aromatic carbocycles. The zero-order chi connectivity index (χ0) is 30.6. The minimum atomic E-state index is -5.08. The van der Waals surface area contributed by atoms with Crippen LogP contribution >= 0.6 is 0 Å². The Morgan fingerprint density at radius 1 is 0.721 bits per heavy atom. The quantitative estimate of drug-likeness (QED) is 0.271. The van der Waals surface area contributed by atoms with E-state index >= 15 is 0 Å². The van der Waals surface area contributed by atoms with Gasteiger partial charge in [-0.25, -0.2) is 14.4 Å². The fraction of sp³-hybridized carbons (Fsp3) is 0.500. The summed E-state index contributed by atoms with van der Waals surface area (Å²) in [6.45, 7) is 6.50. The number of benzene rings is 2. The van der Waals surface area contributed by atoms with Gasteiger partial charge in [-0.15, -0.1) is 0 Å². The number of para-hydroxylation sites is 4. The molecule has 4 aromatic rings. The number of rotatable bonds is 7. The maximum atomic E-state index is 12.5. The number of halogens is 3. The molecule has 6 rings (SSSR count). The standard InChI is InChI=1S/C28H36N6O2.C2HF3O2/c35-27-29-23-7-1-3-9-25(23)33(27)21-11-17-31(18-12-21)15-5-6-16-32-19-13-22(14-20-32)34-26-10-4-2-8-24(26)30-28(34)36;3-2(4,5)1(6)7/h1-4,7-10,21-22H,5-6,11-20H2,(H,29,35)(H,30,36);(H,6,7). The van der Waals surface area contributed by atoms with E-state index < -0.39 is 12.1 Å². The molecule has 2 aromatic heterocycles. The van der Waals surface area contributed by atoms with E-state index in [1.54, 1.807) is 0 Å². The normalized spacial score (nSPS) is 17.7. The van der Waals surface area contributed by atoms with Crippen molar-refractivity contribution in [2.24, 2.45) is 0 Å². The Morgan fingerprint density at radius 2 is 1.07 bits per heavy atom. The van der Waals surface area contributed by atoms with Crippen LogP contribution in [-0.2, 0) is 4.79 Å². The number of aromatic nitrogens is 4. The van der Waals surface area contributed by atoms with Crippen LogP contribution in [0, 0.1) is 0 Å². The van der Waals surface area contributed by atoms with Crippen molar-refractivity contribution in [2.75, 3.05) is 39.3 Å². The molecule has 0 bridgehead atoms. The largest absolute Gasteiger partial charge is 0.490 e. The molecule has 10 nitrogen and oxygen atoms in total. The molecule has 4 heterocycles. The molecule has 0 amide bonds. The predicted molar refractivity (Wildman–Crippen MR) is 157 cm³/mol. The lowest BCUT2D eigenvalue weighted by molar-refractivity contribution is -0.192. The number of unbranched alkanes of at least 4 members (excludes halogenated alkanes) is 1. The summed E-state index contributed by atoms with van der Waals surface area (Å²) >= 11 is 0. The number of carboxylic acids is 1. The number of hydrogen-bond donors (Lipinski definition) is 3. The Morgan fingerprint density at radius 3 is 1.42 bits per heavy atom. The van der Waals surface area contributed by atoms with Gasteiger partial charge in [0.05, 0.1) is 22.1 Å². The van der Waals surface area contributed by atoms with Crippen molar-refractivity contribution in [3.63, 3.8) is 0 Å². The Labute approximate surface area is 245 Å². The Kier molecular flexibility index (Phi) is 9.40. The van der Waals surface area contributed by atoms with E-state index in [0.29, 0.717) is 0 Å². The summed E-state index contributed by atoms with van der Waals surface area (Å²) in [6.07, 6.45) is 1.45. The van der Waals surface area contributed by atoms with E-state index in [-0.39, 0.29) is 23.5 Å². The summed E-state index contributed by atoms with van der Waals surface area (Å²) in [4.78, 5) is 45.0. The monoisotopic (exact) mass is 602 g/mol. The summed E-state index contributed by atoms with van der Waals surface area (Å²) < 4.78 is 35.7. The van der Waals surface area contributed by atoms with E-state index in [2.05, 4.69) is 19.8 Å². The lowest BCUT2D eigenvalue weighted by atomic mass is 10.0. The predicted octanol–water partition coefficient (Wildman–Crippen LogP) is 4.36. The summed E-state index contributed by atoms with van der Waals surface area (Å²) in [5.74, 6) is -2.76. The third-order valence-electron chi connectivity index (χ3n) is 8.53. The fourth-order valence-electron chi connectivity index (χ4n) is 6.35. The second-order valence-corrected chi connectivity index (χ2v) is 11.3. The summed E-state index contributed by atoms with van der Waals surface area (Å²) in [6, 6.07) is 16.6. The van der Waals surface area contributed by atoms with Gasteiger partial charge in [0, 0.05) is 38.3 Å². The number of likely N-dealkylation sites (tertiary alicyclic amines) is 2. The van der Waals surface area contributed by atoms with E-state index in [4.69, 9.17) is 9.90 Å². The second kappa shape index (κ2) is 13.2. The molecule has 2 fully saturated rings. The number of piperidine rings is 2. The highest BCUT2D eigenvalue weighted by Gasteiger charge is 2.38. The molecule has 43 heavy (non-hydrogen) atoms. The van der Waals surface area contributed by atoms with Crippen molar-refractivity contribution in [3.05, 3.63) is 69.5 Å². The third kappa shape index (κ3) is 7.21. The van der Waals surface area contributed by atoms with Crippen LogP contribution in [0.5, 0.6) is 0 Å². The van der Waals surface area contributed by atoms with E-state index in [1.807, 2.05) is 57.7 Å². The molecule has 2 aliphatic heterocycles. The van der Waals surface area contributed by atoms with Gasteiger partial charge < -0.3 is 24.9 Å². The number of nitrogens with one attached hydrogen (secondary N) is 2. The van der Waals surface area contributed by atoms with Gasteiger partial charge in [-0.2, -0.15) is 13.2 Å². The van der Waals surface area contributed by atoms with Crippen LogP contribution in [0.15, 0.2) is 58.1 Å². The van der Waals surface area contributed by atoms with Gasteiger partial charge in [-0.05, 0) is 75.9 Å². The molecule has 232 valence electrons. The Balaban J connectivity index is 0.000000472. The van der Waals surface area contributed by atoms with Crippen molar-refractivity contribution in [2.45, 2.75) is 56.8 Å². The minimum absolute atomic E-state index is 0.0213. The minimum Gasteiger partial charge on any atom is -0.475 e. The highest BCUT2D eigenvalue weighted by atomic mass is 19.4. The number of imidazole rings is 2. The number of alkyl halides is 3. The van der Waals surface area contributed by atoms with Gasteiger partial charge in [0.1, 0.15) is 0 Å². The lowest BCUT2D eigenvalue weighted by Crippen LogP contribution is -2.38. The van der Waals surface area contributed by atoms with Crippen LogP contribution in [0.1, 0.15) is 50.6 Å². The number of aliphatic carboxylic acids is 1. The third-order valence-corrected chi connectivity index (χ3v) is 8.53. The number of nitrogens with zero attached hydrogens (tertiary/aromatic N) is 4.